The molecule has 2 aromatic rings. The third-order valence-electron chi connectivity index (χ3n) is 3.21. The molecule has 18 heavy (non-hydrogen) atoms. The molecule has 0 spiro atoms. The summed E-state index contributed by atoms with van der Waals surface area (Å²) < 4.78 is 2.13. The number of hydrogen-bond donors (Lipinski definition) is 0. The highest BCUT2D eigenvalue weighted by molar-refractivity contribution is 5.98. The second-order valence-corrected chi connectivity index (χ2v) is 4.39. The molecule has 0 fully saturated rings. The van der Waals surface area contributed by atoms with Crippen LogP contribution in [0.15, 0.2) is 30.7 Å². The number of carbonyl (C=O) groups is 1. The van der Waals surface area contributed by atoms with Gasteiger partial charge in [-0.3, -0.25) is 4.79 Å². The molecule has 0 bridgehead atoms. The van der Waals surface area contributed by atoms with Crippen molar-refractivity contribution in [2.45, 2.75) is 20.0 Å². The molecule has 1 aliphatic heterocycles. The molecule has 0 saturated heterocycles. The van der Waals surface area contributed by atoms with E-state index in [2.05, 4.69) is 19.4 Å². The number of anilines is 1. The molecule has 2 aromatic heterocycles. The quantitative estimate of drug-likeness (QED) is 0.749. The Morgan fingerprint density at radius 3 is 3.00 bits per heavy atom. The van der Waals surface area contributed by atoms with Crippen LogP contribution < -0.4 is 4.90 Å². The van der Waals surface area contributed by atoms with E-state index < -0.39 is 0 Å². The zero-order valence-corrected chi connectivity index (χ0v) is 10.2. The molecule has 0 aliphatic carbocycles. The molecular formula is C13H14N4O. The number of aromatic nitrogens is 3. The van der Waals surface area contributed by atoms with Crippen molar-refractivity contribution in [1.29, 1.82) is 0 Å². The zero-order chi connectivity index (χ0) is 12.5. The maximum Gasteiger partial charge on any atom is 0.163 e. The summed E-state index contributed by atoms with van der Waals surface area (Å²) in [5.41, 5.74) is 0.678. The third kappa shape index (κ3) is 1.77. The standard InChI is InChI=1S/C13H14N4O/c1-10(18)11-3-2-4-15-13(11)17-8-7-16-6-5-14-12(16)9-17/h2-6H,7-9H2,1H3. The number of carbonyl (C=O) groups excluding carboxylic acids is 1. The van der Waals surface area contributed by atoms with Crippen molar-refractivity contribution in [3.8, 4) is 0 Å². The van der Waals surface area contributed by atoms with Crippen LogP contribution in [-0.4, -0.2) is 26.9 Å². The van der Waals surface area contributed by atoms with E-state index in [1.807, 2.05) is 18.5 Å². The van der Waals surface area contributed by atoms with Gasteiger partial charge in [0.25, 0.3) is 0 Å². The highest BCUT2D eigenvalue weighted by Gasteiger charge is 2.21. The highest BCUT2D eigenvalue weighted by atomic mass is 16.1. The number of rotatable bonds is 2. The summed E-state index contributed by atoms with van der Waals surface area (Å²) >= 11 is 0. The Morgan fingerprint density at radius 2 is 2.17 bits per heavy atom. The van der Waals surface area contributed by atoms with E-state index >= 15 is 0 Å². The fourth-order valence-electron chi connectivity index (χ4n) is 2.28. The van der Waals surface area contributed by atoms with Crippen LogP contribution in [-0.2, 0) is 13.1 Å². The molecule has 0 atom stereocenters. The van der Waals surface area contributed by atoms with Crippen molar-refractivity contribution < 1.29 is 4.79 Å². The fourth-order valence-corrected chi connectivity index (χ4v) is 2.28. The Bertz CT molecular complexity index is 590. The minimum atomic E-state index is 0.0482. The van der Waals surface area contributed by atoms with Crippen LogP contribution in [0.4, 0.5) is 5.82 Å². The molecule has 3 heterocycles. The summed E-state index contributed by atoms with van der Waals surface area (Å²) in [6.07, 6.45) is 5.52. The molecule has 5 heteroatoms. The molecule has 3 rings (SSSR count). The monoisotopic (exact) mass is 242 g/mol. The Labute approximate surface area is 105 Å². The number of ketones is 1. The fraction of sp³-hybridized carbons (Fsp3) is 0.308. The molecule has 0 N–H and O–H groups in total. The number of Topliss-reactive ketones (excluding diaryl/α,β-unsaturated/α-hetero) is 1. The average Bonchev–Trinajstić information content (AvgIpc) is 2.85. The lowest BCUT2D eigenvalue weighted by molar-refractivity contribution is 0.101. The minimum Gasteiger partial charge on any atom is -0.347 e. The zero-order valence-electron chi connectivity index (χ0n) is 10.2. The van der Waals surface area contributed by atoms with E-state index in [1.54, 1.807) is 19.2 Å². The summed E-state index contributed by atoms with van der Waals surface area (Å²) in [5.74, 6) is 1.83. The summed E-state index contributed by atoms with van der Waals surface area (Å²) in [5, 5.41) is 0. The number of hydrogen-bond acceptors (Lipinski definition) is 4. The van der Waals surface area contributed by atoms with Crippen LogP contribution in [0.3, 0.4) is 0 Å². The first-order valence-electron chi connectivity index (χ1n) is 5.96. The second kappa shape index (κ2) is 4.25. The van der Waals surface area contributed by atoms with Gasteiger partial charge in [0, 0.05) is 31.7 Å². The SMILES string of the molecule is CC(=O)c1cccnc1N1CCn2ccnc2C1. The Morgan fingerprint density at radius 1 is 1.28 bits per heavy atom. The second-order valence-electron chi connectivity index (χ2n) is 4.39. The van der Waals surface area contributed by atoms with Gasteiger partial charge in [-0.05, 0) is 19.1 Å². The van der Waals surface area contributed by atoms with Gasteiger partial charge in [-0.25, -0.2) is 9.97 Å². The van der Waals surface area contributed by atoms with Crippen LogP contribution in [0.1, 0.15) is 23.1 Å². The molecule has 92 valence electrons. The van der Waals surface area contributed by atoms with Crippen molar-refractivity contribution in [2.24, 2.45) is 0 Å². The van der Waals surface area contributed by atoms with Crippen LogP contribution >= 0.6 is 0 Å². The first-order valence-corrected chi connectivity index (χ1v) is 5.96. The van der Waals surface area contributed by atoms with Gasteiger partial charge in [0.05, 0.1) is 12.1 Å². The van der Waals surface area contributed by atoms with Crippen molar-refractivity contribution in [3.05, 3.63) is 42.1 Å². The van der Waals surface area contributed by atoms with Crippen molar-refractivity contribution in [2.75, 3.05) is 11.4 Å². The largest absolute Gasteiger partial charge is 0.347 e. The molecule has 0 saturated carbocycles. The summed E-state index contributed by atoms with van der Waals surface area (Å²) in [6, 6.07) is 3.62. The van der Waals surface area contributed by atoms with Gasteiger partial charge in [0.1, 0.15) is 11.6 Å². The van der Waals surface area contributed by atoms with Gasteiger partial charge in [-0.15, -0.1) is 0 Å². The topological polar surface area (TPSA) is 51.0 Å². The normalized spacial score (nSPS) is 14.4. The first kappa shape index (κ1) is 11.0. The molecule has 0 radical (unpaired) electrons. The number of nitrogens with zero attached hydrogens (tertiary/aromatic N) is 4. The number of fused-ring (bicyclic) bond motifs is 1. The number of imidazole rings is 1. The van der Waals surface area contributed by atoms with E-state index in [0.717, 1.165) is 24.7 Å². The van der Waals surface area contributed by atoms with Crippen LogP contribution in [0, 0.1) is 0 Å². The molecular weight excluding hydrogens is 228 g/mol. The minimum absolute atomic E-state index is 0.0482. The van der Waals surface area contributed by atoms with Crippen LogP contribution in [0.5, 0.6) is 0 Å². The Kier molecular flexibility index (Phi) is 2.59. The Balaban J connectivity index is 1.95. The van der Waals surface area contributed by atoms with Crippen molar-refractivity contribution in [3.63, 3.8) is 0 Å². The third-order valence-corrected chi connectivity index (χ3v) is 3.21. The van der Waals surface area contributed by atoms with Crippen LogP contribution in [0.2, 0.25) is 0 Å². The van der Waals surface area contributed by atoms with Gasteiger partial charge in [-0.2, -0.15) is 0 Å². The van der Waals surface area contributed by atoms with Gasteiger partial charge in [0.15, 0.2) is 5.78 Å². The van der Waals surface area contributed by atoms with E-state index in [9.17, 15) is 4.79 Å². The van der Waals surface area contributed by atoms with E-state index in [0.29, 0.717) is 12.1 Å². The lowest BCUT2D eigenvalue weighted by Gasteiger charge is -2.29. The molecule has 0 unspecified atom stereocenters. The van der Waals surface area contributed by atoms with E-state index in [4.69, 9.17) is 0 Å². The smallest absolute Gasteiger partial charge is 0.163 e. The van der Waals surface area contributed by atoms with Gasteiger partial charge in [0.2, 0.25) is 0 Å². The van der Waals surface area contributed by atoms with Gasteiger partial charge < -0.3 is 9.47 Å². The van der Waals surface area contributed by atoms with Crippen LogP contribution in [0.25, 0.3) is 0 Å². The van der Waals surface area contributed by atoms with Gasteiger partial charge in [-0.1, -0.05) is 0 Å². The molecule has 0 aromatic carbocycles. The lowest BCUT2D eigenvalue weighted by atomic mass is 10.1. The lowest BCUT2D eigenvalue weighted by Crippen LogP contribution is -2.35. The molecule has 5 nitrogen and oxygen atoms in total. The summed E-state index contributed by atoms with van der Waals surface area (Å²) in [6.45, 7) is 4.00. The van der Waals surface area contributed by atoms with Crippen molar-refractivity contribution >= 4 is 11.6 Å². The summed E-state index contributed by atoms with van der Waals surface area (Å²) in [4.78, 5) is 22.4. The molecule has 0 amide bonds. The maximum atomic E-state index is 11.6. The van der Waals surface area contributed by atoms with Gasteiger partial charge >= 0.3 is 0 Å². The summed E-state index contributed by atoms with van der Waals surface area (Å²) in [7, 11) is 0. The van der Waals surface area contributed by atoms with Crippen molar-refractivity contribution in [1.82, 2.24) is 14.5 Å². The number of pyridine rings is 1. The van der Waals surface area contributed by atoms with E-state index in [-0.39, 0.29) is 5.78 Å². The van der Waals surface area contributed by atoms with E-state index in [1.165, 1.54) is 0 Å². The maximum absolute atomic E-state index is 11.6. The molecule has 1 aliphatic rings. The predicted octanol–water partition coefficient (Wildman–Crippen LogP) is 1.50. The first-order chi connectivity index (χ1) is 8.75. The average molecular weight is 242 g/mol. The Hall–Kier alpha value is -2.17. The predicted molar refractivity (Wildman–Crippen MR) is 67.5 cm³/mol. The highest BCUT2D eigenvalue weighted by Crippen LogP contribution is 2.22.